The van der Waals surface area contributed by atoms with Crippen molar-refractivity contribution in [3.05, 3.63) is 0 Å². The molecule has 0 bridgehead atoms. The molecule has 0 saturated heterocycles. The van der Waals surface area contributed by atoms with E-state index in [0.717, 1.165) is 0 Å². The summed E-state index contributed by atoms with van der Waals surface area (Å²) in [5, 5.41) is 0. The van der Waals surface area contributed by atoms with Gasteiger partial charge < -0.3 is 0 Å². The molecule has 0 fully saturated rings. The molecule has 12 heavy (non-hydrogen) atoms. The number of rotatable bonds is 0. The first-order chi connectivity index (χ1) is 4.24. The van der Waals surface area contributed by atoms with E-state index in [1.807, 2.05) is 0 Å². The summed E-state index contributed by atoms with van der Waals surface area (Å²) >= 11 is -2.44. The first-order valence-electron chi connectivity index (χ1n) is 0.855. The maximum absolute atomic E-state index is 8.45. The predicted octanol–water partition coefficient (Wildman–Crippen LogP) is -5.04. The molecule has 0 aromatic rings. The van der Waals surface area contributed by atoms with E-state index in [9.17, 15) is 0 Å². The SMILES string of the molecule is [Li+].[Mn+2].[Ni].[O]=[Co-][OH].[O]=[Co-][OH].[O]=[Co-][OH]. The standard InChI is InChI=1S/3Co.Li.Mn.Ni.3H2O.3O/h;;;;;;3*1H2;;;/q;;;+1;+2;;;;;;;/p-3. The molecule has 0 aliphatic carbocycles. The van der Waals surface area contributed by atoms with Gasteiger partial charge in [0.25, 0.3) is 0 Å². The van der Waals surface area contributed by atoms with E-state index in [2.05, 4.69) is 0 Å². The molecule has 0 aromatic heterocycles. The van der Waals surface area contributed by atoms with Crippen molar-refractivity contribution in [2.24, 2.45) is 0 Å². The van der Waals surface area contributed by atoms with Gasteiger partial charge in [-0.05, 0) is 0 Å². The van der Waals surface area contributed by atoms with Crippen LogP contribution >= 0.6 is 0 Å². The van der Waals surface area contributed by atoms with Gasteiger partial charge in [-0.3, -0.25) is 0 Å². The molecule has 84 valence electrons. The van der Waals surface area contributed by atoms with Crippen LogP contribution in [-0.4, -0.2) is 12.7 Å². The average molecular weight is 396 g/mol. The van der Waals surface area contributed by atoms with Gasteiger partial charge >= 0.3 is 105 Å². The molecule has 0 aliphatic heterocycles. The summed E-state index contributed by atoms with van der Waals surface area (Å²) < 4.78 is 46.3. The Balaban J connectivity index is -0.00000001000. The maximum atomic E-state index is 8.45. The second-order valence-electron chi connectivity index (χ2n) is 0.183. The Morgan fingerprint density at radius 3 is 0.750 bits per heavy atom. The molecule has 0 aliphatic rings. The van der Waals surface area contributed by atoms with Crippen LogP contribution in [0.4, 0.5) is 0 Å². The van der Waals surface area contributed by atoms with E-state index in [4.69, 9.17) is 24.3 Å². The first-order valence-corrected chi connectivity index (χ1v) is 3.53. The fourth-order valence-electron chi connectivity index (χ4n) is 0. The molecule has 0 saturated carbocycles. The van der Waals surface area contributed by atoms with E-state index in [-0.39, 0.29) is 52.4 Å². The molecular formula is H3Co3LiMnNiO6. The Morgan fingerprint density at radius 1 is 0.750 bits per heavy atom. The van der Waals surface area contributed by atoms with Gasteiger partial charge in [-0.15, -0.1) is 0 Å². The van der Waals surface area contributed by atoms with Gasteiger partial charge in [0.1, 0.15) is 0 Å². The van der Waals surface area contributed by atoms with E-state index in [0.29, 0.717) is 0 Å². The molecule has 0 amide bonds. The van der Waals surface area contributed by atoms with Crippen LogP contribution in [0.15, 0.2) is 0 Å². The van der Waals surface area contributed by atoms with Crippen molar-refractivity contribution in [1.82, 2.24) is 0 Å². The summed E-state index contributed by atoms with van der Waals surface area (Å²) in [6.07, 6.45) is 0. The van der Waals surface area contributed by atoms with Crippen LogP contribution in [0.3, 0.4) is 0 Å². The Bertz CT molecular complexity index is 59.5. The zero-order valence-corrected chi connectivity index (χ0v) is 10.6. The van der Waals surface area contributed by atoms with Crippen molar-refractivity contribution in [3.63, 3.8) is 0 Å². The average Bonchev–Trinajstić information content (AvgIpc) is 1.70. The number of hydrogen-bond acceptors (Lipinski definition) is 3. The molecule has 0 atom stereocenters. The third kappa shape index (κ3) is 278. The second-order valence-corrected chi connectivity index (χ2v) is 0.753. The Hall–Kier alpha value is 2.41. The van der Waals surface area contributed by atoms with Gasteiger partial charge in [-0.2, -0.15) is 0 Å². The van der Waals surface area contributed by atoms with Crippen molar-refractivity contribution in [2.45, 2.75) is 0 Å². The van der Waals surface area contributed by atoms with Crippen LogP contribution in [0, 0.1) is 0 Å². The van der Waals surface area contributed by atoms with Crippen LogP contribution in [0.5, 0.6) is 0 Å². The summed E-state index contributed by atoms with van der Waals surface area (Å²) in [6, 6.07) is 0. The van der Waals surface area contributed by atoms with Crippen LogP contribution < -0.4 is 18.9 Å². The molecular weight excluding hydrogens is 393 g/mol. The molecule has 3 N–H and O–H groups in total. The molecule has 0 heterocycles. The van der Waals surface area contributed by atoms with Crippen LogP contribution in [0.1, 0.15) is 0 Å². The summed E-state index contributed by atoms with van der Waals surface area (Å²) in [4.78, 5) is 0. The van der Waals surface area contributed by atoms with Crippen molar-refractivity contribution in [3.8, 4) is 0 Å². The van der Waals surface area contributed by atoms with Crippen molar-refractivity contribution in [2.75, 3.05) is 0 Å². The van der Waals surface area contributed by atoms with Gasteiger partial charge in [0.15, 0.2) is 0 Å². The fourth-order valence-corrected chi connectivity index (χ4v) is 0. The molecule has 0 spiro atoms. The first kappa shape index (κ1) is 36.6. The normalized spacial score (nSPS) is 5.25. The third-order valence-electron chi connectivity index (χ3n) is 0. The molecule has 0 rings (SSSR count). The zero-order valence-electron chi connectivity index (χ0n) is 5.26. The molecule has 0 unspecified atom stereocenters. The van der Waals surface area contributed by atoms with Crippen LogP contribution in [0.2, 0.25) is 0 Å². The molecule has 12 heteroatoms. The molecule has 0 aromatic carbocycles. The summed E-state index contributed by atoms with van der Waals surface area (Å²) in [6.45, 7) is 0. The van der Waals surface area contributed by atoms with Crippen LogP contribution in [0.25, 0.3) is 0 Å². The Morgan fingerprint density at radius 2 is 0.750 bits per heavy atom. The molecule has 1 radical (unpaired) electrons. The van der Waals surface area contributed by atoms with E-state index >= 15 is 0 Å². The van der Waals surface area contributed by atoms with Crippen molar-refractivity contribution < 1.29 is 122 Å². The predicted molar refractivity (Wildman–Crippen MR) is 8.72 cm³/mol. The van der Waals surface area contributed by atoms with Gasteiger partial charge in [0.05, 0.1) is 0 Å². The minimum absolute atomic E-state index is 0. The van der Waals surface area contributed by atoms with Gasteiger partial charge in [0, 0.05) is 16.5 Å². The quantitative estimate of drug-likeness (QED) is 0.354. The summed E-state index contributed by atoms with van der Waals surface area (Å²) in [5.41, 5.74) is 0. The summed E-state index contributed by atoms with van der Waals surface area (Å²) in [7, 11) is 0. The second kappa shape index (κ2) is 70.6. The van der Waals surface area contributed by atoms with E-state index in [1.165, 1.54) is 0 Å². The van der Waals surface area contributed by atoms with E-state index < -0.39 is 44.9 Å². The Kier molecular flexibility index (Phi) is 215. The topological polar surface area (TPSA) is 112 Å². The third-order valence-corrected chi connectivity index (χ3v) is 0. The van der Waals surface area contributed by atoms with Crippen molar-refractivity contribution >= 4 is 0 Å². The van der Waals surface area contributed by atoms with Crippen LogP contribution in [-0.2, 0) is 90.0 Å². The zero-order chi connectivity index (χ0) is 8.12. The Labute approximate surface area is 120 Å². The fraction of sp³-hybridized carbons (Fsp3) is 0. The number of hydrogen-bond donors (Lipinski definition) is 3. The monoisotopic (exact) mass is 396 g/mol. The van der Waals surface area contributed by atoms with Crippen molar-refractivity contribution in [1.29, 1.82) is 0 Å². The summed E-state index contributed by atoms with van der Waals surface area (Å²) in [5.74, 6) is 0. The minimum atomic E-state index is -0.812. The van der Waals surface area contributed by atoms with Gasteiger partial charge in [-0.1, -0.05) is 0 Å². The van der Waals surface area contributed by atoms with Gasteiger partial charge in [0.2, 0.25) is 0 Å². The molecule has 6 nitrogen and oxygen atoms in total. The van der Waals surface area contributed by atoms with E-state index in [1.54, 1.807) is 0 Å². The van der Waals surface area contributed by atoms with Gasteiger partial charge in [-0.25, -0.2) is 0 Å².